The number of thioether (sulfide) groups is 1. The number of azo groups is 1. The maximum absolute atomic E-state index is 14.4. The minimum absolute atomic E-state index is 0.0158. The molecular formula is C19H18FN3OS. The number of benzene rings is 2. The lowest BCUT2D eigenvalue weighted by atomic mass is 10.1. The highest BCUT2D eigenvalue weighted by molar-refractivity contribution is 8.00. The summed E-state index contributed by atoms with van der Waals surface area (Å²) in [6, 6.07) is 10.7. The van der Waals surface area contributed by atoms with Crippen LogP contribution in [0.4, 0.5) is 15.8 Å². The number of hydrogen-bond donors (Lipinski definition) is 1. The summed E-state index contributed by atoms with van der Waals surface area (Å²) in [5, 5.41) is 19.8. The summed E-state index contributed by atoms with van der Waals surface area (Å²) in [5.74, 6) is 1.36. The Labute approximate surface area is 149 Å². The number of aromatic nitrogens is 1. The maximum atomic E-state index is 14.4. The lowest BCUT2D eigenvalue weighted by Crippen LogP contribution is -2.22. The van der Waals surface area contributed by atoms with Crippen LogP contribution in [-0.2, 0) is 0 Å². The Morgan fingerprint density at radius 1 is 1.12 bits per heavy atom. The van der Waals surface area contributed by atoms with E-state index < -0.39 is 0 Å². The van der Waals surface area contributed by atoms with Crippen LogP contribution < -0.4 is 0 Å². The Hall–Kier alpha value is -2.34. The van der Waals surface area contributed by atoms with Crippen LogP contribution in [0.2, 0.25) is 0 Å². The van der Waals surface area contributed by atoms with E-state index >= 15 is 0 Å². The van der Waals surface area contributed by atoms with Gasteiger partial charge in [-0.1, -0.05) is 18.2 Å². The Bertz CT molecular complexity index is 992. The van der Waals surface area contributed by atoms with Gasteiger partial charge in [0.05, 0.1) is 17.2 Å². The van der Waals surface area contributed by atoms with Crippen LogP contribution in [0.15, 0.2) is 46.6 Å². The largest absolute Gasteiger partial charge is 0.493 e. The van der Waals surface area contributed by atoms with Crippen molar-refractivity contribution >= 4 is 34.0 Å². The zero-order chi connectivity index (χ0) is 17.6. The normalized spacial score (nSPS) is 15.2. The third-order valence-electron chi connectivity index (χ3n) is 4.66. The fourth-order valence-corrected chi connectivity index (χ4v) is 3.76. The van der Waals surface area contributed by atoms with Crippen LogP contribution in [0, 0.1) is 19.7 Å². The molecule has 0 saturated carbocycles. The van der Waals surface area contributed by atoms with Crippen LogP contribution >= 0.6 is 11.8 Å². The van der Waals surface area contributed by atoms with Crippen molar-refractivity contribution in [2.45, 2.75) is 19.9 Å². The van der Waals surface area contributed by atoms with Crippen molar-refractivity contribution in [2.75, 3.05) is 11.5 Å². The second kappa shape index (κ2) is 6.19. The number of aryl methyl sites for hydroxylation is 2. The fraction of sp³-hybridized carbons (Fsp3) is 0.263. The van der Waals surface area contributed by atoms with E-state index in [2.05, 4.69) is 10.2 Å². The minimum Gasteiger partial charge on any atom is -0.493 e. The van der Waals surface area contributed by atoms with E-state index in [1.54, 1.807) is 28.5 Å². The molecule has 4 nitrogen and oxygen atoms in total. The Morgan fingerprint density at radius 2 is 1.92 bits per heavy atom. The Morgan fingerprint density at radius 3 is 2.60 bits per heavy atom. The first-order chi connectivity index (χ1) is 12.1. The fourth-order valence-electron chi connectivity index (χ4n) is 3.01. The van der Waals surface area contributed by atoms with Gasteiger partial charge in [-0.2, -0.15) is 16.9 Å². The molecule has 1 aliphatic rings. The molecule has 0 amide bonds. The second-order valence-electron chi connectivity index (χ2n) is 6.34. The highest BCUT2D eigenvalue weighted by Gasteiger charge is 2.28. The third-order valence-corrected chi connectivity index (χ3v) is 5.91. The average Bonchev–Trinajstić information content (AvgIpc) is 2.81. The number of halogens is 1. The highest BCUT2D eigenvalue weighted by Crippen LogP contribution is 2.45. The monoisotopic (exact) mass is 355 g/mol. The number of para-hydroxylation sites is 1. The molecule has 1 saturated heterocycles. The molecule has 0 bridgehead atoms. The zero-order valence-electron chi connectivity index (χ0n) is 14.0. The molecule has 0 atom stereocenters. The quantitative estimate of drug-likeness (QED) is 0.603. The minimum atomic E-state index is -0.350. The molecule has 1 aliphatic heterocycles. The summed E-state index contributed by atoms with van der Waals surface area (Å²) in [6.07, 6.45) is 0. The van der Waals surface area contributed by atoms with Gasteiger partial charge in [0, 0.05) is 16.9 Å². The van der Waals surface area contributed by atoms with Gasteiger partial charge in [0.1, 0.15) is 5.82 Å². The van der Waals surface area contributed by atoms with E-state index in [1.807, 2.05) is 32.0 Å². The van der Waals surface area contributed by atoms with Crippen molar-refractivity contribution in [3.05, 3.63) is 53.3 Å². The molecule has 128 valence electrons. The van der Waals surface area contributed by atoms with E-state index in [1.165, 1.54) is 11.6 Å². The molecule has 0 radical (unpaired) electrons. The summed E-state index contributed by atoms with van der Waals surface area (Å²) in [5.41, 5.74) is 3.74. The van der Waals surface area contributed by atoms with Crippen molar-refractivity contribution in [3.8, 4) is 5.88 Å². The molecule has 6 heteroatoms. The summed E-state index contributed by atoms with van der Waals surface area (Å²) < 4.78 is 16.1. The predicted molar refractivity (Wildman–Crippen MR) is 100 cm³/mol. The van der Waals surface area contributed by atoms with Crippen LogP contribution in [0.3, 0.4) is 0 Å². The Kier molecular flexibility index (Phi) is 4.00. The maximum Gasteiger partial charge on any atom is 0.221 e. The molecule has 4 rings (SSSR count). The molecule has 2 heterocycles. The summed E-state index contributed by atoms with van der Waals surface area (Å²) in [4.78, 5) is 0. The molecule has 0 spiro atoms. The highest BCUT2D eigenvalue weighted by atomic mass is 32.2. The van der Waals surface area contributed by atoms with Crippen LogP contribution in [0.1, 0.15) is 17.2 Å². The zero-order valence-corrected chi connectivity index (χ0v) is 14.8. The SMILES string of the molecule is Cc1ccc(N=Nc2c(O)n(C3CSC3)c3c(F)cccc23)cc1C. The molecule has 3 aromatic rings. The van der Waals surface area contributed by atoms with Crippen molar-refractivity contribution in [1.82, 2.24) is 4.57 Å². The predicted octanol–water partition coefficient (Wildman–Crippen LogP) is 5.81. The molecule has 0 unspecified atom stereocenters. The topological polar surface area (TPSA) is 49.9 Å². The molecule has 1 fully saturated rings. The van der Waals surface area contributed by atoms with E-state index in [4.69, 9.17) is 0 Å². The molecular weight excluding hydrogens is 337 g/mol. The standard InChI is InChI=1S/C19H18FN3OS/c1-11-6-7-13(8-12(11)2)21-22-17-15-4-3-5-16(20)18(15)23(19(17)24)14-9-25-10-14/h3-8,14,24H,9-10H2,1-2H3. The van der Waals surface area contributed by atoms with E-state index in [0.717, 1.165) is 17.1 Å². The molecule has 0 aliphatic carbocycles. The van der Waals surface area contributed by atoms with Gasteiger partial charge in [0.15, 0.2) is 5.69 Å². The number of nitrogens with zero attached hydrogens (tertiary/aromatic N) is 3. The van der Waals surface area contributed by atoms with Crippen molar-refractivity contribution in [2.24, 2.45) is 10.2 Å². The van der Waals surface area contributed by atoms with Gasteiger partial charge in [-0.3, -0.25) is 0 Å². The molecule has 1 N–H and O–H groups in total. The second-order valence-corrected chi connectivity index (χ2v) is 7.41. The molecule has 25 heavy (non-hydrogen) atoms. The van der Waals surface area contributed by atoms with Crippen LogP contribution in [0.5, 0.6) is 5.88 Å². The van der Waals surface area contributed by atoms with Gasteiger partial charge in [-0.25, -0.2) is 4.39 Å². The number of aromatic hydroxyl groups is 1. The molecule has 2 aromatic carbocycles. The van der Waals surface area contributed by atoms with E-state index in [-0.39, 0.29) is 17.7 Å². The van der Waals surface area contributed by atoms with Gasteiger partial charge in [0.25, 0.3) is 0 Å². The van der Waals surface area contributed by atoms with Gasteiger partial charge in [0.2, 0.25) is 5.88 Å². The van der Waals surface area contributed by atoms with Gasteiger partial charge in [-0.15, -0.1) is 5.11 Å². The summed E-state index contributed by atoms with van der Waals surface area (Å²) >= 11 is 1.78. The Balaban J connectivity index is 1.84. The van der Waals surface area contributed by atoms with Crippen LogP contribution in [0.25, 0.3) is 10.9 Å². The average molecular weight is 355 g/mol. The first-order valence-electron chi connectivity index (χ1n) is 8.14. The number of hydrogen-bond acceptors (Lipinski definition) is 4. The first kappa shape index (κ1) is 16.1. The van der Waals surface area contributed by atoms with Crippen molar-refractivity contribution in [1.29, 1.82) is 0 Å². The van der Waals surface area contributed by atoms with E-state index in [0.29, 0.717) is 22.3 Å². The van der Waals surface area contributed by atoms with Crippen LogP contribution in [-0.4, -0.2) is 21.2 Å². The van der Waals surface area contributed by atoms with Crippen molar-refractivity contribution < 1.29 is 9.50 Å². The molecule has 1 aromatic heterocycles. The number of rotatable bonds is 3. The summed E-state index contributed by atoms with van der Waals surface area (Å²) in [6.45, 7) is 4.05. The van der Waals surface area contributed by atoms with Gasteiger partial charge < -0.3 is 9.67 Å². The third kappa shape index (κ3) is 2.70. The smallest absolute Gasteiger partial charge is 0.221 e. The lowest BCUT2D eigenvalue weighted by molar-refractivity contribution is 0.404. The van der Waals surface area contributed by atoms with Gasteiger partial charge >= 0.3 is 0 Å². The lowest BCUT2D eigenvalue weighted by Gasteiger charge is -2.27. The van der Waals surface area contributed by atoms with Crippen molar-refractivity contribution in [3.63, 3.8) is 0 Å². The first-order valence-corrected chi connectivity index (χ1v) is 9.30. The van der Waals surface area contributed by atoms with Gasteiger partial charge in [-0.05, 0) is 43.2 Å². The van der Waals surface area contributed by atoms with E-state index in [9.17, 15) is 9.50 Å². The number of fused-ring (bicyclic) bond motifs is 1. The summed E-state index contributed by atoms with van der Waals surface area (Å²) in [7, 11) is 0.